The van der Waals surface area contributed by atoms with E-state index in [-0.39, 0.29) is 25.7 Å². The Bertz CT molecular complexity index is 1840. The van der Waals surface area contributed by atoms with Gasteiger partial charge in [-0.25, -0.2) is 9.13 Å². The highest BCUT2D eigenvalue weighted by Crippen LogP contribution is 2.45. The molecule has 0 aromatic carbocycles. The molecule has 0 aliphatic rings. The van der Waals surface area contributed by atoms with Crippen molar-refractivity contribution in [2.45, 2.75) is 413 Å². The summed E-state index contributed by atoms with van der Waals surface area (Å²) in [5.74, 6) is -0.486. The Balaban J connectivity index is 5.19. The lowest BCUT2D eigenvalue weighted by atomic mass is 9.99. The monoisotopic (exact) mass is 1400 g/mol. The smallest absolute Gasteiger partial charge is 0.462 e. The molecule has 0 aliphatic carbocycles. The molecule has 3 N–H and O–H groups in total. The second-order valence-electron chi connectivity index (χ2n) is 28.1. The third kappa shape index (κ3) is 69.0. The summed E-state index contributed by atoms with van der Waals surface area (Å²) in [4.78, 5) is 72.7. The average molecular weight is 1400 g/mol. The fraction of sp³-hybridized carbons (Fsp3) is 0.947. The van der Waals surface area contributed by atoms with E-state index in [2.05, 4.69) is 41.5 Å². The van der Waals surface area contributed by atoms with E-state index < -0.39 is 97.5 Å². The quantitative estimate of drug-likeness (QED) is 0.0222. The maximum Gasteiger partial charge on any atom is 0.472 e. The molecule has 6 atom stereocenters. The molecule has 0 fully saturated rings. The van der Waals surface area contributed by atoms with Gasteiger partial charge in [-0.3, -0.25) is 37.3 Å². The standard InChI is InChI=1S/C76H148O17P2/c1-7-10-12-14-16-18-34-40-46-52-58-73(78)86-64-71(92-75(80)60-54-48-42-35-19-17-15-13-11-8-2)66-90-94(82,83)88-62-70(77)63-89-95(84,85)91-67-72(65-87-74(79)59-53-47-41-36-31-30-33-39-45-51-57-69(6)9-3)93-76(81)61-55-49-43-37-29-27-25-23-21-20-22-24-26-28-32-38-44-50-56-68(4)5/h68-72,77H,7-67H2,1-6H3,(H,82,83)(H,84,85)/t69?,70-,71+,72+/m0/s1. The predicted octanol–water partition coefficient (Wildman–Crippen LogP) is 22.3. The van der Waals surface area contributed by atoms with Gasteiger partial charge in [0.2, 0.25) is 0 Å². The van der Waals surface area contributed by atoms with Crippen LogP contribution in [0.15, 0.2) is 0 Å². The van der Waals surface area contributed by atoms with Crippen molar-refractivity contribution in [3.63, 3.8) is 0 Å². The van der Waals surface area contributed by atoms with E-state index in [1.807, 2.05) is 0 Å². The highest BCUT2D eigenvalue weighted by Gasteiger charge is 2.30. The van der Waals surface area contributed by atoms with E-state index in [4.69, 9.17) is 37.0 Å². The van der Waals surface area contributed by atoms with E-state index in [0.717, 1.165) is 102 Å². The molecule has 0 spiro atoms. The first kappa shape index (κ1) is 93.1. The molecule has 95 heavy (non-hydrogen) atoms. The second kappa shape index (κ2) is 67.9. The topological polar surface area (TPSA) is 237 Å². The number of aliphatic hydroxyl groups excluding tert-OH is 1. The Morgan fingerprint density at radius 3 is 0.800 bits per heavy atom. The van der Waals surface area contributed by atoms with Crippen molar-refractivity contribution in [1.82, 2.24) is 0 Å². The largest absolute Gasteiger partial charge is 0.472 e. The zero-order chi connectivity index (χ0) is 70.0. The second-order valence-corrected chi connectivity index (χ2v) is 31.0. The zero-order valence-electron chi connectivity index (χ0n) is 62.0. The molecule has 0 saturated carbocycles. The number of phosphoric ester groups is 2. The van der Waals surface area contributed by atoms with E-state index in [9.17, 15) is 43.2 Å². The van der Waals surface area contributed by atoms with Crippen LogP contribution in [0.3, 0.4) is 0 Å². The van der Waals surface area contributed by atoms with Crippen molar-refractivity contribution in [1.29, 1.82) is 0 Å². The summed E-state index contributed by atoms with van der Waals surface area (Å²) >= 11 is 0. The van der Waals surface area contributed by atoms with Gasteiger partial charge in [0.15, 0.2) is 12.2 Å². The van der Waals surface area contributed by atoms with Crippen LogP contribution in [0.2, 0.25) is 0 Å². The summed E-state index contributed by atoms with van der Waals surface area (Å²) < 4.78 is 68.5. The molecule has 0 aromatic heterocycles. The molecule has 0 saturated heterocycles. The highest BCUT2D eigenvalue weighted by molar-refractivity contribution is 7.47. The number of hydrogen-bond donors (Lipinski definition) is 3. The number of unbranched alkanes of at least 4 members (excludes halogenated alkanes) is 44. The number of carbonyl (C=O) groups is 4. The van der Waals surface area contributed by atoms with Crippen molar-refractivity contribution in [3.05, 3.63) is 0 Å². The number of carbonyl (C=O) groups excluding carboxylic acids is 4. The maximum atomic E-state index is 13.1. The van der Waals surface area contributed by atoms with Gasteiger partial charge in [-0.1, -0.05) is 343 Å². The lowest BCUT2D eigenvalue weighted by molar-refractivity contribution is -0.161. The Kier molecular flexibility index (Phi) is 66.5. The van der Waals surface area contributed by atoms with Gasteiger partial charge in [-0.05, 0) is 37.5 Å². The normalized spacial score (nSPS) is 14.3. The molecule has 0 aliphatic heterocycles. The van der Waals surface area contributed by atoms with Crippen molar-refractivity contribution in [2.24, 2.45) is 11.8 Å². The summed E-state index contributed by atoms with van der Waals surface area (Å²) in [5.41, 5.74) is 0. The fourth-order valence-corrected chi connectivity index (χ4v) is 13.2. The van der Waals surface area contributed by atoms with Crippen molar-refractivity contribution in [3.8, 4) is 0 Å². The van der Waals surface area contributed by atoms with Gasteiger partial charge in [0.05, 0.1) is 26.4 Å². The molecule has 19 heteroatoms. The molecule has 0 bridgehead atoms. The number of hydrogen-bond acceptors (Lipinski definition) is 15. The average Bonchev–Trinajstić information content (AvgIpc) is 1.53. The molecular weight excluding hydrogens is 1250 g/mol. The summed E-state index contributed by atoms with van der Waals surface area (Å²) in [7, 11) is -9.91. The highest BCUT2D eigenvalue weighted by atomic mass is 31.2. The van der Waals surface area contributed by atoms with Crippen LogP contribution < -0.4 is 0 Å². The summed E-state index contributed by atoms with van der Waals surface area (Å²) in [6, 6.07) is 0. The van der Waals surface area contributed by atoms with Crippen LogP contribution in [0.4, 0.5) is 0 Å². The van der Waals surface area contributed by atoms with E-state index in [0.29, 0.717) is 25.7 Å². The molecule has 0 amide bonds. The van der Waals surface area contributed by atoms with Crippen molar-refractivity contribution in [2.75, 3.05) is 39.6 Å². The minimum absolute atomic E-state index is 0.107. The van der Waals surface area contributed by atoms with E-state index in [1.54, 1.807) is 0 Å². The number of esters is 4. The molecule has 0 radical (unpaired) electrons. The Morgan fingerprint density at radius 1 is 0.305 bits per heavy atom. The lowest BCUT2D eigenvalue weighted by Crippen LogP contribution is -2.30. The van der Waals surface area contributed by atoms with Crippen LogP contribution in [-0.2, 0) is 65.4 Å². The Morgan fingerprint density at radius 2 is 0.537 bits per heavy atom. The maximum absolute atomic E-state index is 13.1. The van der Waals surface area contributed by atoms with Crippen LogP contribution in [0.25, 0.3) is 0 Å². The van der Waals surface area contributed by atoms with Crippen LogP contribution >= 0.6 is 15.6 Å². The fourth-order valence-electron chi connectivity index (χ4n) is 11.6. The van der Waals surface area contributed by atoms with Gasteiger partial charge < -0.3 is 33.8 Å². The Labute approximate surface area is 581 Å². The number of ether oxygens (including phenoxy) is 4. The van der Waals surface area contributed by atoms with Crippen molar-refractivity contribution >= 4 is 39.5 Å². The van der Waals surface area contributed by atoms with Gasteiger partial charge in [0.25, 0.3) is 0 Å². The van der Waals surface area contributed by atoms with Gasteiger partial charge >= 0.3 is 39.5 Å². The lowest BCUT2D eigenvalue weighted by Gasteiger charge is -2.21. The molecule has 17 nitrogen and oxygen atoms in total. The van der Waals surface area contributed by atoms with Crippen LogP contribution in [0, 0.1) is 11.8 Å². The van der Waals surface area contributed by atoms with Gasteiger partial charge in [-0.15, -0.1) is 0 Å². The zero-order valence-corrected chi connectivity index (χ0v) is 63.8. The number of phosphoric acid groups is 2. The molecule has 0 rings (SSSR count). The summed E-state index contributed by atoms with van der Waals surface area (Å²) in [5, 5.41) is 10.6. The molecule has 0 aromatic rings. The minimum atomic E-state index is -4.96. The first-order chi connectivity index (χ1) is 45.9. The molecule has 0 heterocycles. The predicted molar refractivity (Wildman–Crippen MR) is 386 cm³/mol. The summed E-state index contributed by atoms with van der Waals surface area (Å²) in [6.45, 7) is 9.64. The number of rotatable bonds is 75. The first-order valence-corrected chi connectivity index (χ1v) is 42.5. The molecule has 3 unspecified atom stereocenters. The van der Waals surface area contributed by atoms with Gasteiger partial charge in [0, 0.05) is 25.7 Å². The van der Waals surface area contributed by atoms with Crippen LogP contribution in [0.5, 0.6) is 0 Å². The minimum Gasteiger partial charge on any atom is -0.462 e. The van der Waals surface area contributed by atoms with E-state index >= 15 is 0 Å². The van der Waals surface area contributed by atoms with Crippen molar-refractivity contribution < 1.29 is 80.2 Å². The van der Waals surface area contributed by atoms with Crippen LogP contribution in [0.1, 0.15) is 395 Å². The third-order valence-electron chi connectivity index (χ3n) is 18.1. The molecular formula is C76H148O17P2. The van der Waals surface area contributed by atoms with E-state index in [1.165, 1.54) is 212 Å². The third-order valence-corrected chi connectivity index (χ3v) is 20.0. The van der Waals surface area contributed by atoms with Gasteiger partial charge in [-0.2, -0.15) is 0 Å². The number of aliphatic hydroxyl groups is 1. The van der Waals surface area contributed by atoms with Gasteiger partial charge in [0.1, 0.15) is 19.3 Å². The molecule has 564 valence electrons. The van der Waals surface area contributed by atoms with Crippen LogP contribution in [-0.4, -0.2) is 96.7 Å². The summed E-state index contributed by atoms with van der Waals surface area (Å²) in [6.07, 6.45) is 55.4. The first-order valence-electron chi connectivity index (χ1n) is 39.5. The SMILES string of the molecule is CCCCCCCCCCCCC(=O)OC[C@H](COP(=O)(O)OC[C@H](O)COP(=O)(O)OC[C@@H](COC(=O)CCCCCCCCCCCCC(C)CC)OC(=O)CCCCCCCCCCCCCCCCCCCCC(C)C)OC(=O)CCCCCCCCCCCC. The Hall–Kier alpha value is -1.94.